The van der Waals surface area contributed by atoms with E-state index in [1.54, 1.807) is 0 Å². The first kappa shape index (κ1) is 13.3. The number of nitrogens with zero attached hydrogens (tertiary/aromatic N) is 1. The molecule has 5 nitrogen and oxygen atoms in total. The van der Waals surface area contributed by atoms with Crippen molar-refractivity contribution in [3.05, 3.63) is 35.7 Å². The van der Waals surface area contributed by atoms with E-state index in [-0.39, 0.29) is 0 Å². The van der Waals surface area contributed by atoms with Crippen LogP contribution >= 0.6 is 0 Å². The lowest BCUT2D eigenvalue weighted by Gasteiger charge is -2.12. The van der Waals surface area contributed by atoms with E-state index in [0.717, 1.165) is 23.6 Å². The Labute approximate surface area is 112 Å². The molecule has 1 heterocycles. The van der Waals surface area contributed by atoms with Crippen molar-refractivity contribution in [2.24, 2.45) is 0 Å². The minimum absolute atomic E-state index is 0.544. The third kappa shape index (κ3) is 3.40. The van der Waals surface area contributed by atoms with E-state index >= 15 is 0 Å². The van der Waals surface area contributed by atoms with Crippen LogP contribution in [-0.2, 0) is 6.54 Å². The first-order valence-electron chi connectivity index (χ1n) is 6.38. The molecule has 19 heavy (non-hydrogen) atoms. The van der Waals surface area contributed by atoms with E-state index in [1.165, 1.54) is 0 Å². The van der Waals surface area contributed by atoms with Crippen LogP contribution in [0.5, 0.6) is 5.75 Å². The van der Waals surface area contributed by atoms with Gasteiger partial charge >= 0.3 is 0 Å². The smallest absolute Gasteiger partial charge is 0.156 e. The summed E-state index contributed by atoms with van der Waals surface area (Å²) in [5.74, 6) is 1.48. The van der Waals surface area contributed by atoms with Crippen molar-refractivity contribution < 1.29 is 9.26 Å². The minimum atomic E-state index is 0.544. The van der Waals surface area contributed by atoms with E-state index in [4.69, 9.17) is 15.0 Å². The Kier molecular flexibility index (Phi) is 4.28. The largest absolute Gasteiger partial charge is 0.491 e. The van der Waals surface area contributed by atoms with E-state index in [0.29, 0.717) is 24.6 Å². The number of aryl methyl sites for hydroxylation is 1. The molecule has 0 aliphatic carbocycles. The van der Waals surface area contributed by atoms with Gasteiger partial charge in [-0.25, -0.2) is 0 Å². The monoisotopic (exact) mass is 261 g/mol. The van der Waals surface area contributed by atoms with Crippen molar-refractivity contribution in [2.45, 2.75) is 26.8 Å². The summed E-state index contributed by atoms with van der Waals surface area (Å²) in [5, 5.41) is 7.06. The van der Waals surface area contributed by atoms with Crippen molar-refractivity contribution in [1.29, 1.82) is 0 Å². The van der Waals surface area contributed by atoms with Crippen LogP contribution in [0, 0.1) is 6.92 Å². The van der Waals surface area contributed by atoms with Crippen LogP contribution < -0.4 is 15.8 Å². The van der Waals surface area contributed by atoms with Crippen LogP contribution in [0.15, 0.2) is 28.8 Å². The summed E-state index contributed by atoms with van der Waals surface area (Å²) in [7, 11) is 0. The summed E-state index contributed by atoms with van der Waals surface area (Å²) in [6, 6.07) is 7.59. The second-order valence-corrected chi connectivity index (χ2v) is 4.35. The van der Waals surface area contributed by atoms with Crippen LogP contribution in [0.25, 0.3) is 0 Å². The van der Waals surface area contributed by atoms with Crippen molar-refractivity contribution in [1.82, 2.24) is 5.16 Å². The fraction of sp³-hybridized carbons (Fsp3) is 0.357. The number of aromatic nitrogens is 1. The van der Waals surface area contributed by atoms with Crippen LogP contribution in [-0.4, -0.2) is 11.8 Å². The first-order chi connectivity index (χ1) is 9.20. The Morgan fingerprint density at radius 1 is 1.42 bits per heavy atom. The molecule has 0 saturated carbocycles. The molecule has 3 N–H and O–H groups in total. The molecule has 1 aromatic carbocycles. The summed E-state index contributed by atoms with van der Waals surface area (Å²) in [4.78, 5) is 0. The number of nitrogens with one attached hydrogen (secondary N) is 1. The van der Waals surface area contributed by atoms with Gasteiger partial charge in [-0.2, -0.15) is 0 Å². The lowest BCUT2D eigenvalue weighted by molar-refractivity contribution is 0.319. The summed E-state index contributed by atoms with van der Waals surface area (Å²) in [5.41, 5.74) is 8.38. The molecule has 5 heteroatoms. The van der Waals surface area contributed by atoms with E-state index < -0.39 is 0 Å². The topological polar surface area (TPSA) is 73.3 Å². The molecule has 0 amide bonds. The van der Waals surface area contributed by atoms with Gasteiger partial charge < -0.3 is 20.3 Å². The second-order valence-electron chi connectivity index (χ2n) is 4.35. The third-order valence-corrected chi connectivity index (χ3v) is 2.66. The average molecular weight is 261 g/mol. The SMILES string of the molecule is CCCOc1cccc(NCc2cc(C)no2)c1N. The number of nitrogens with two attached hydrogens (primary N) is 1. The molecule has 0 unspecified atom stereocenters. The summed E-state index contributed by atoms with van der Waals surface area (Å²) < 4.78 is 10.7. The predicted molar refractivity (Wildman–Crippen MR) is 75.2 cm³/mol. The van der Waals surface area contributed by atoms with Crippen LogP contribution in [0.3, 0.4) is 0 Å². The fourth-order valence-corrected chi connectivity index (χ4v) is 1.72. The zero-order chi connectivity index (χ0) is 13.7. The van der Waals surface area contributed by atoms with Gasteiger partial charge in [-0.3, -0.25) is 0 Å². The zero-order valence-electron chi connectivity index (χ0n) is 11.3. The molecule has 0 saturated heterocycles. The third-order valence-electron chi connectivity index (χ3n) is 2.66. The number of anilines is 2. The van der Waals surface area contributed by atoms with E-state index in [1.807, 2.05) is 31.2 Å². The van der Waals surface area contributed by atoms with Crippen molar-refractivity contribution in [3.8, 4) is 5.75 Å². The number of ether oxygens (including phenoxy) is 1. The average Bonchev–Trinajstić information content (AvgIpc) is 2.82. The van der Waals surface area contributed by atoms with Crippen molar-refractivity contribution in [3.63, 3.8) is 0 Å². The summed E-state index contributed by atoms with van der Waals surface area (Å²) in [6.07, 6.45) is 0.953. The van der Waals surface area contributed by atoms with Gasteiger partial charge in [0.05, 0.1) is 30.2 Å². The molecule has 2 rings (SSSR count). The van der Waals surface area contributed by atoms with Crippen molar-refractivity contribution >= 4 is 11.4 Å². The predicted octanol–water partition coefficient (Wildman–Crippen LogP) is 2.97. The lowest BCUT2D eigenvalue weighted by atomic mass is 10.2. The number of rotatable bonds is 6. The zero-order valence-corrected chi connectivity index (χ0v) is 11.3. The normalized spacial score (nSPS) is 10.4. The highest BCUT2D eigenvalue weighted by atomic mass is 16.5. The van der Waals surface area contributed by atoms with Gasteiger partial charge in [-0.05, 0) is 25.5 Å². The highest BCUT2D eigenvalue weighted by molar-refractivity contribution is 5.72. The minimum Gasteiger partial charge on any atom is -0.491 e. The quantitative estimate of drug-likeness (QED) is 0.782. The molecule has 2 aromatic rings. The molecule has 0 aliphatic rings. The molecule has 0 aliphatic heterocycles. The fourth-order valence-electron chi connectivity index (χ4n) is 1.72. The Hall–Kier alpha value is -2.17. The number of para-hydroxylation sites is 1. The van der Waals surface area contributed by atoms with E-state index in [2.05, 4.69) is 17.4 Å². The molecule has 0 atom stereocenters. The van der Waals surface area contributed by atoms with Crippen LogP contribution in [0.4, 0.5) is 11.4 Å². The Morgan fingerprint density at radius 3 is 2.95 bits per heavy atom. The molecule has 0 spiro atoms. The molecule has 102 valence electrons. The Bertz CT molecular complexity index is 537. The number of nitrogen functional groups attached to an aromatic ring is 1. The molecular weight excluding hydrogens is 242 g/mol. The first-order valence-corrected chi connectivity index (χ1v) is 6.38. The second kappa shape index (κ2) is 6.13. The van der Waals surface area contributed by atoms with Crippen molar-refractivity contribution in [2.75, 3.05) is 17.7 Å². The Morgan fingerprint density at radius 2 is 2.26 bits per heavy atom. The number of hydrogen-bond acceptors (Lipinski definition) is 5. The maximum Gasteiger partial charge on any atom is 0.156 e. The van der Waals surface area contributed by atoms with E-state index in [9.17, 15) is 0 Å². The maximum atomic E-state index is 6.06. The van der Waals surface area contributed by atoms with Gasteiger partial charge in [0.25, 0.3) is 0 Å². The standard InChI is InChI=1S/C14H19N3O2/c1-3-7-18-13-6-4-5-12(14(13)15)16-9-11-8-10(2)17-19-11/h4-6,8,16H,3,7,9,15H2,1-2H3. The van der Waals surface area contributed by atoms with Crippen LogP contribution in [0.1, 0.15) is 24.8 Å². The number of hydrogen-bond donors (Lipinski definition) is 2. The van der Waals surface area contributed by atoms with Gasteiger partial charge in [-0.15, -0.1) is 0 Å². The lowest BCUT2D eigenvalue weighted by Crippen LogP contribution is -2.04. The van der Waals surface area contributed by atoms with Gasteiger partial charge in [0.15, 0.2) is 5.76 Å². The van der Waals surface area contributed by atoms with Gasteiger partial charge in [-0.1, -0.05) is 18.1 Å². The highest BCUT2D eigenvalue weighted by Gasteiger charge is 2.07. The van der Waals surface area contributed by atoms with Gasteiger partial charge in [0.1, 0.15) is 5.75 Å². The van der Waals surface area contributed by atoms with Gasteiger partial charge in [0, 0.05) is 6.07 Å². The molecule has 0 radical (unpaired) electrons. The molecule has 0 bridgehead atoms. The molecule has 0 fully saturated rings. The highest BCUT2D eigenvalue weighted by Crippen LogP contribution is 2.29. The molecular formula is C14H19N3O2. The van der Waals surface area contributed by atoms with Crippen LogP contribution in [0.2, 0.25) is 0 Å². The maximum absolute atomic E-state index is 6.06. The summed E-state index contributed by atoms with van der Waals surface area (Å²) >= 11 is 0. The van der Waals surface area contributed by atoms with Gasteiger partial charge in [0.2, 0.25) is 0 Å². The number of benzene rings is 1. The summed E-state index contributed by atoms with van der Waals surface area (Å²) in [6.45, 7) is 5.16. The Balaban J connectivity index is 2.03. The molecule has 1 aromatic heterocycles.